The predicted molar refractivity (Wildman–Crippen MR) is 79.2 cm³/mol. The van der Waals surface area contributed by atoms with E-state index in [0.29, 0.717) is 5.91 Å². The van der Waals surface area contributed by atoms with Crippen molar-refractivity contribution in [3.05, 3.63) is 41.5 Å². The summed E-state index contributed by atoms with van der Waals surface area (Å²) >= 11 is 0. The smallest absolute Gasteiger partial charge is 0.230 e. The van der Waals surface area contributed by atoms with Crippen molar-refractivity contribution in [2.75, 3.05) is 26.2 Å². The lowest BCUT2D eigenvalue weighted by molar-refractivity contribution is -0.134. The molecule has 1 amide bonds. The molecule has 1 aromatic rings. The van der Waals surface area contributed by atoms with E-state index in [9.17, 15) is 4.79 Å². The monoisotopic (exact) mass is 268 g/mol. The van der Waals surface area contributed by atoms with Crippen molar-refractivity contribution < 1.29 is 4.79 Å². The van der Waals surface area contributed by atoms with Gasteiger partial charge in [0.2, 0.25) is 5.91 Å². The van der Waals surface area contributed by atoms with Crippen LogP contribution in [-0.2, 0) is 11.2 Å². The van der Waals surface area contributed by atoms with Gasteiger partial charge in [0.1, 0.15) is 0 Å². The molecule has 2 fully saturated rings. The fourth-order valence-corrected chi connectivity index (χ4v) is 3.89. The summed E-state index contributed by atoms with van der Waals surface area (Å²) in [6.45, 7) is 3.57. The third kappa shape index (κ3) is 1.73. The van der Waals surface area contributed by atoms with Gasteiger partial charge >= 0.3 is 0 Å². The van der Waals surface area contributed by atoms with E-state index < -0.39 is 0 Å². The summed E-state index contributed by atoms with van der Waals surface area (Å²) in [4.78, 5) is 14.8. The third-order valence-corrected chi connectivity index (χ3v) is 5.14. The minimum atomic E-state index is -0.0846. The lowest BCUT2D eigenvalue weighted by Gasteiger charge is -2.22. The fourth-order valence-electron chi connectivity index (χ4n) is 3.89. The number of carbonyl (C=O) groups excluding carboxylic acids is 1. The molecule has 104 valence electrons. The van der Waals surface area contributed by atoms with Crippen LogP contribution in [0.3, 0.4) is 0 Å². The molecule has 0 saturated carbocycles. The number of rotatable bonds is 2. The molecule has 0 bridgehead atoms. The lowest BCUT2D eigenvalue weighted by Crippen LogP contribution is -2.36. The zero-order chi connectivity index (χ0) is 13.6. The molecule has 1 unspecified atom stereocenters. The molecule has 0 aromatic heterocycles. The summed E-state index contributed by atoms with van der Waals surface area (Å²) in [7, 11) is 0. The lowest BCUT2D eigenvalue weighted by atomic mass is 9.86. The van der Waals surface area contributed by atoms with Crippen molar-refractivity contribution in [3.8, 4) is 0 Å². The number of amides is 1. The summed E-state index contributed by atoms with van der Waals surface area (Å²) in [5.41, 5.74) is 3.98. The van der Waals surface area contributed by atoms with Gasteiger partial charge in [0, 0.05) is 19.6 Å². The first-order valence-electron chi connectivity index (χ1n) is 7.56. The Morgan fingerprint density at radius 1 is 1.25 bits per heavy atom. The molecule has 2 heterocycles. The number of carbonyl (C=O) groups is 1. The van der Waals surface area contributed by atoms with Gasteiger partial charge in [-0.2, -0.15) is 0 Å². The second kappa shape index (κ2) is 4.45. The molecule has 1 N–H and O–H groups in total. The molecule has 1 aliphatic carbocycles. The fraction of sp³-hybridized carbons (Fsp3) is 0.471. The number of fused-ring (bicyclic) bond motifs is 1. The number of benzene rings is 1. The van der Waals surface area contributed by atoms with Crippen LogP contribution in [0.5, 0.6) is 0 Å². The van der Waals surface area contributed by atoms with Crippen molar-refractivity contribution in [1.82, 2.24) is 10.2 Å². The van der Waals surface area contributed by atoms with Crippen LogP contribution in [0.2, 0.25) is 0 Å². The maximum Gasteiger partial charge on any atom is 0.230 e. The minimum absolute atomic E-state index is 0.0846. The highest BCUT2D eigenvalue weighted by Crippen LogP contribution is 2.39. The van der Waals surface area contributed by atoms with Gasteiger partial charge in [-0.05, 0) is 42.5 Å². The Labute approximate surface area is 119 Å². The Bertz CT molecular complexity index is 584. The highest BCUT2D eigenvalue weighted by atomic mass is 16.2. The molecule has 3 heteroatoms. The molecular formula is C17H20N2O. The zero-order valence-electron chi connectivity index (χ0n) is 11.7. The second-order valence-corrected chi connectivity index (χ2v) is 6.27. The number of nitrogens with zero attached hydrogens (tertiary/aromatic N) is 1. The molecule has 3 nitrogen and oxygen atoms in total. The van der Waals surface area contributed by atoms with Gasteiger partial charge in [0.05, 0.1) is 5.41 Å². The van der Waals surface area contributed by atoms with E-state index in [4.69, 9.17) is 0 Å². The molecule has 1 atom stereocenters. The van der Waals surface area contributed by atoms with Gasteiger partial charge in [0.25, 0.3) is 0 Å². The van der Waals surface area contributed by atoms with E-state index in [1.54, 1.807) is 0 Å². The number of hydrogen-bond donors (Lipinski definition) is 1. The van der Waals surface area contributed by atoms with Gasteiger partial charge in [-0.3, -0.25) is 4.79 Å². The van der Waals surface area contributed by atoms with E-state index in [1.807, 2.05) is 0 Å². The van der Waals surface area contributed by atoms with E-state index in [1.165, 1.54) is 16.7 Å². The van der Waals surface area contributed by atoms with Crippen LogP contribution in [0.15, 0.2) is 30.3 Å². The molecule has 3 aliphatic rings. The average molecular weight is 268 g/mol. The van der Waals surface area contributed by atoms with Crippen LogP contribution < -0.4 is 5.32 Å². The SMILES string of the molecule is O=C1N(CC2=CCc3ccccc32)CCC12CCNC2. The van der Waals surface area contributed by atoms with Crippen LogP contribution in [0.4, 0.5) is 0 Å². The minimum Gasteiger partial charge on any atom is -0.338 e. The predicted octanol–water partition coefficient (Wildman–Crippen LogP) is 1.84. The summed E-state index contributed by atoms with van der Waals surface area (Å²) in [5.74, 6) is 0.368. The first-order chi connectivity index (χ1) is 9.78. The molecule has 0 radical (unpaired) electrons. The van der Waals surface area contributed by atoms with Gasteiger partial charge in [-0.15, -0.1) is 0 Å². The van der Waals surface area contributed by atoms with Crippen LogP contribution >= 0.6 is 0 Å². The van der Waals surface area contributed by atoms with E-state index in [-0.39, 0.29) is 5.41 Å². The Morgan fingerprint density at radius 2 is 2.15 bits per heavy atom. The van der Waals surface area contributed by atoms with Crippen LogP contribution in [0.1, 0.15) is 24.0 Å². The van der Waals surface area contributed by atoms with Gasteiger partial charge in [-0.1, -0.05) is 30.3 Å². The Balaban J connectivity index is 1.53. The first kappa shape index (κ1) is 12.2. The van der Waals surface area contributed by atoms with Crippen LogP contribution in [-0.4, -0.2) is 37.0 Å². The highest BCUT2D eigenvalue weighted by molar-refractivity contribution is 5.87. The molecule has 1 aromatic carbocycles. The molecule has 2 aliphatic heterocycles. The first-order valence-corrected chi connectivity index (χ1v) is 7.56. The van der Waals surface area contributed by atoms with Gasteiger partial charge < -0.3 is 10.2 Å². The molecule has 2 saturated heterocycles. The van der Waals surface area contributed by atoms with Crippen molar-refractivity contribution >= 4 is 11.5 Å². The molecule has 4 rings (SSSR count). The highest BCUT2D eigenvalue weighted by Gasteiger charge is 2.48. The zero-order valence-corrected chi connectivity index (χ0v) is 11.7. The van der Waals surface area contributed by atoms with Crippen LogP contribution in [0.25, 0.3) is 5.57 Å². The molecule has 20 heavy (non-hydrogen) atoms. The van der Waals surface area contributed by atoms with Gasteiger partial charge in [-0.25, -0.2) is 0 Å². The molecule has 1 spiro atoms. The van der Waals surface area contributed by atoms with Crippen molar-refractivity contribution in [2.24, 2.45) is 5.41 Å². The van der Waals surface area contributed by atoms with E-state index in [2.05, 4.69) is 40.6 Å². The molecular weight excluding hydrogens is 248 g/mol. The average Bonchev–Trinajstić information content (AvgIpc) is 3.17. The van der Waals surface area contributed by atoms with Crippen LogP contribution in [0, 0.1) is 5.41 Å². The number of nitrogens with one attached hydrogen (secondary N) is 1. The summed E-state index contributed by atoms with van der Waals surface area (Å²) in [6.07, 6.45) is 5.34. The number of allylic oxidation sites excluding steroid dienone is 1. The largest absolute Gasteiger partial charge is 0.338 e. The normalized spacial score (nSPS) is 28.3. The van der Waals surface area contributed by atoms with Crippen molar-refractivity contribution in [3.63, 3.8) is 0 Å². The summed E-state index contributed by atoms with van der Waals surface area (Å²) in [5, 5.41) is 3.35. The van der Waals surface area contributed by atoms with Gasteiger partial charge in [0.15, 0.2) is 0 Å². The van der Waals surface area contributed by atoms with E-state index >= 15 is 0 Å². The summed E-state index contributed by atoms with van der Waals surface area (Å²) < 4.78 is 0. The maximum atomic E-state index is 12.7. The Kier molecular flexibility index (Phi) is 2.71. The van der Waals surface area contributed by atoms with Crippen molar-refractivity contribution in [1.29, 1.82) is 0 Å². The second-order valence-electron chi connectivity index (χ2n) is 6.27. The topological polar surface area (TPSA) is 32.3 Å². The Morgan fingerprint density at radius 3 is 3.00 bits per heavy atom. The van der Waals surface area contributed by atoms with E-state index in [0.717, 1.165) is 45.4 Å². The number of likely N-dealkylation sites (tertiary alicyclic amines) is 1. The maximum absolute atomic E-state index is 12.7. The number of hydrogen-bond acceptors (Lipinski definition) is 2. The third-order valence-electron chi connectivity index (χ3n) is 5.14. The quantitative estimate of drug-likeness (QED) is 0.887. The van der Waals surface area contributed by atoms with Crippen molar-refractivity contribution in [2.45, 2.75) is 19.3 Å². The summed E-state index contributed by atoms with van der Waals surface area (Å²) in [6, 6.07) is 8.55. The Hall–Kier alpha value is -1.61. The standard InChI is InChI=1S/C17H20N2O/c20-16-17(7-9-18-12-17)8-10-19(16)11-14-6-5-13-3-1-2-4-15(13)14/h1-4,6,18H,5,7-12H2.